The Morgan fingerprint density at radius 1 is 1.00 bits per heavy atom. The first kappa shape index (κ1) is 9.97. The highest BCUT2D eigenvalue weighted by Gasteiger charge is 2.35. The molecule has 1 aromatic carbocycles. The zero-order valence-corrected chi connectivity index (χ0v) is 10.0. The molecule has 1 aliphatic rings. The van der Waals surface area contributed by atoms with Crippen molar-refractivity contribution in [3.8, 4) is 0 Å². The van der Waals surface area contributed by atoms with E-state index in [4.69, 9.17) is 0 Å². The predicted molar refractivity (Wildman–Crippen MR) is 65.1 cm³/mol. The van der Waals surface area contributed by atoms with Crippen LogP contribution in [0.25, 0.3) is 0 Å². The van der Waals surface area contributed by atoms with E-state index in [1.54, 1.807) is 5.19 Å². The molecule has 0 N–H and O–H groups in total. The lowest BCUT2D eigenvalue weighted by molar-refractivity contribution is 1.05. The van der Waals surface area contributed by atoms with E-state index in [9.17, 15) is 0 Å². The lowest BCUT2D eigenvalue weighted by atomic mass is 10.4. The first-order chi connectivity index (χ1) is 6.71. The smallest absolute Gasteiger partial charge is 0.0652 e. The van der Waals surface area contributed by atoms with E-state index in [1.165, 1.54) is 12.8 Å². The number of hydrogen-bond donors (Lipinski definition) is 0. The first-order valence-corrected chi connectivity index (χ1v) is 8.51. The lowest BCUT2D eigenvalue weighted by Gasteiger charge is -2.29. The summed E-state index contributed by atoms with van der Waals surface area (Å²) in [6, 6.07) is 11.0. The minimum Gasteiger partial charge on any atom is -0.0652 e. The summed E-state index contributed by atoms with van der Waals surface area (Å²) in [7, 11) is -1.26. The van der Waals surface area contributed by atoms with Crippen LogP contribution < -0.4 is 5.19 Å². The molecule has 2 rings (SSSR count). The molecule has 1 aliphatic carbocycles. The van der Waals surface area contributed by atoms with Gasteiger partial charge in [0.15, 0.2) is 0 Å². The summed E-state index contributed by atoms with van der Waals surface area (Å²) >= 11 is 0. The molecule has 1 saturated carbocycles. The van der Waals surface area contributed by atoms with Crippen LogP contribution in [0.4, 0.5) is 0 Å². The van der Waals surface area contributed by atoms with Gasteiger partial charge in [-0.1, -0.05) is 48.6 Å². The van der Waals surface area contributed by atoms with Crippen LogP contribution in [-0.2, 0) is 0 Å². The van der Waals surface area contributed by atoms with Gasteiger partial charge in [0.2, 0.25) is 0 Å². The topological polar surface area (TPSA) is 0 Å². The average molecular weight is 202 g/mol. The molecule has 0 heterocycles. The standard InChI is InChI=1S/C13H18Si/c1-14(2,13-10-6-7-11-13)12-8-4-3-5-9-12/h3-5,8-11,13H,6-7H2,1-2H3. The zero-order chi connectivity index (χ0) is 10.0. The van der Waals surface area contributed by atoms with Crippen LogP contribution in [0.3, 0.4) is 0 Å². The monoisotopic (exact) mass is 202 g/mol. The van der Waals surface area contributed by atoms with E-state index < -0.39 is 8.07 Å². The van der Waals surface area contributed by atoms with Crippen LogP contribution in [0.5, 0.6) is 0 Å². The van der Waals surface area contributed by atoms with Gasteiger partial charge in [-0.15, -0.1) is 0 Å². The van der Waals surface area contributed by atoms with E-state index in [-0.39, 0.29) is 0 Å². The molecule has 74 valence electrons. The van der Waals surface area contributed by atoms with Gasteiger partial charge in [0.05, 0.1) is 8.07 Å². The van der Waals surface area contributed by atoms with Crippen LogP contribution in [-0.4, -0.2) is 8.07 Å². The van der Waals surface area contributed by atoms with Gasteiger partial charge in [-0.2, -0.15) is 0 Å². The normalized spacial score (nSPS) is 18.7. The molecule has 0 amide bonds. The minimum atomic E-state index is -1.26. The summed E-state index contributed by atoms with van der Waals surface area (Å²) in [5, 5.41) is 1.58. The maximum Gasteiger partial charge on any atom is 0.0842 e. The SMILES string of the molecule is C[Si](C)(c1ccccc1)C1[CH]CC[CH]1. The van der Waals surface area contributed by atoms with E-state index >= 15 is 0 Å². The van der Waals surface area contributed by atoms with Gasteiger partial charge in [0.1, 0.15) is 0 Å². The van der Waals surface area contributed by atoms with Gasteiger partial charge in [0.25, 0.3) is 0 Å². The van der Waals surface area contributed by atoms with Crippen LogP contribution in [0.1, 0.15) is 12.8 Å². The molecule has 0 aliphatic heterocycles. The van der Waals surface area contributed by atoms with E-state index in [1.807, 2.05) is 0 Å². The molecular formula is C13H18Si. The van der Waals surface area contributed by atoms with Gasteiger partial charge in [-0.25, -0.2) is 0 Å². The number of hydrogen-bond acceptors (Lipinski definition) is 0. The second-order valence-electron chi connectivity index (χ2n) is 4.66. The van der Waals surface area contributed by atoms with Crippen LogP contribution in [0.2, 0.25) is 18.6 Å². The molecule has 1 fully saturated rings. The molecule has 0 aromatic heterocycles. The van der Waals surface area contributed by atoms with Crippen LogP contribution >= 0.6 is 0 Å². The summed E-state index contributed by atoms with van der Waals surface area (Å²) in [5.41, 5.74) is 0.782. The maximum atomic E-state index is 2.51. The highest BCUT2D eigenvalue weighted by Crippen LogP contribution is 2.36. The minimum absolute atomic E-state index is 0.782. The van der Waals surface area contributed by atoms with Crippen LogP contribution in [0, 0.1) is 12.8 Å². The fourth-order valence-corrected chi connectivity index (χ4v) is 5.25. The van der Waals surface area contributed by atoms with Crippen molar-refractivity contribution in [1.82, 2.24) is 0 Å². The third-order valence-electron chi connectivity index (χ3n) is 3.36. The van der Waals surface area contributed by atoms with Gasteiger partial charge in [0, 0.05) is 0 Å². The van der Waals surface area contributed by atoms with Gasteiger partial charge in [-0.05, 0) is 31.2 Å². The highest BCUT2D eigenvalue weighted by molar-refractivity contribution is 6.91. The van der Waals surface area contributed by atoms with Crippen molar-refractivity contribution in [3.05, 3.63) is 43.2 Å². The Morgan fingerprint density at radius 3 is 2.14 bits per heavy atom. The van der Waals surface area contributed by atoms with Crippen molar-refractivity contribution in [2.24, 2.45) is 0 Å². The average Bonchev–Trinajstić information content (AvgIpc) is 2.72. The Morgan fingerprint density at radius 2 is 1.57 bits per heavy atom. The molecule has 0 saturated heterocycles. The third-order valence-corrected chi connectivity index (χ3v) is 7.32. The summed E-state index contributed by atoms with van der Waals surface area (Å²) < 4.78 is 0. The zero-order valence-electron chi connectivity index (χ0n) is 9.03. The molecule has 0 spiro atoms. The fourth-order valence-electron chi connectivity index (χ4n) is 2.30. The summed E-state index contributed by atoms with van der Waals surface area (Å²) in [4.78, 5) is 0. The van der Waals surface area contributed by atoms with Gasteiger partial charge < -0.3 is 0 Å². The maximum absolute atomic E-state index is 2.51. The Kier molecular flexibility index (Phi) is 2.77. The van der Waals surface area contributed by atoms with Gasteiger partial charge >= 0.3 is 0 Å². The van der Waals surface area contributed by atoms with E-state index in [0.717, 1.165) is 5.54 Å². The van der Waals surface area contributed by atoms with Crippen molar-refractivity contribution >= 4 is 13.3 Å². The second-order valence-corrected chi connectivity index (χ2v) is 9.35. The van der Waals surface area contributed by atoms with Gasteiger partial charge in [-0.3, -0.25) is 0 Å². The van der Waals surface area contributed by atoms with Crippen molar-refractivity contribution in [3.63, 3.8) is 0 Å². The van der Waals surface area contributed by atoms with E-state index in [0.29, 0.717) is 0 Å². The predicted octanol–water partition coefficient (Wildman–Crippen LogP) is 3.17. The van der Waals surface area contributed by atoms with E-state index in [2.05, 4.69) is 56.3 Å². The van der Waals surface area contributed by atoms with Crippen molar-refractivity contribution in [2.75, 3.05) is 0 Å². The summed E-state index contributed by atoms with van der Waals surface area (Å²) in [5.74, 6) is 0. The molecule has 1 heteroatoms. The second kappa shape index (κ2) is 3.89. The summed E-state index contributed by atoms with van der Waals surface area (Å²) in [6.07, 6.45) is 7.60. The molecule has 0 atom stereocenters. The number of rotatable bonds is 2. The Hall–Kier alpha value is -0.563. The largest absolute Gasteiger partial charge is 0.0842 e. The summed E-state index contributed by atoms with van der Waals surface area (Å²) in [6.45, 7) is 4.96. The van der Waals surface area contributed by atoms with Crippen molar-refractivity contribution in [1.29, 1.82) is 0 Å². The molecular weight excluding hydrogens is 184 g/mol. The third kappa shape index (κ3) is 1.78. The van der Waals surface area contributed by atoms with Crippen LogP contribution in [0.15, 0.2) is 30.3 Å². The fraction of sp³-hybridized carbons (Fsp3) is 0.385. The molecule has 0 nitrogen and oxygen atoms in total. The molecule has 1 aromatic rings. The lowest BCUT2D eigenvalue weighted by Crippen LogP contribution is -2.45. The Balaban J connectivity index is 2.22. The first-order valence-electron chi connectivity index (χ1n) is 5.43. The molecule has 2 radical (unpaired) electrons. The quantitative estimate of drug-likeness (QED) is 0.646. The Bertz CT molecular complexity index is 283. The number of benzene rings is 1. The van der Waals surface area contributed by atoms with Crippen molar-refractivity contribution in [2.45, 2.75) is 31.5 Å². The van der Waals surface area contributed by atoms with Crippen molar-refractivity contribution < 1.29 is 0 Å². The molecule has 14 heavy (non-hydrogen) atoms. The molecule has 0 unspecified atom stereocenters. The highest BCUT2D eigenvalue weighted by atomic mass is 28.3. The molecule has 0 bridgehead atoms. The Labute approximate surface area is 88.4 Å².